The quantitative estimate of drug-likeness (QED) is 0.181. The summed E-state index contributed by atoms with van der Waals surface area (Å²) in [5.74, 6) is 0.701. The van der Waals surface area contributed by atoms with Crippen molar-refractivity contribution in [3.05, 3.63) is 188 Å². The van der Waals surface area contributed by atoms with E-state index in [0.29, 0.717) is 5.82 Å². The lowest BCUT2D eigenvalue weighted by Crippen LogP contribution is -1.97. The lowest BCUT2D eigenvalue weighted by molar-refractivity contribution is 1.13. The molecule has 11 rings (SSSR count). The van der Waals surface area contributed by atoms with E-state index in [-0.39, 0.29) is 0 Å². The van der Waals surface area contributed by atoms with Gasteiger partial charge in [-0.2, -0.15) is 0 Å². The monoisotopic (exact) mass is 689 g/mol. The largest absolute Gasteiger partial charge is 0.309 e. The molecule has 0 aliphatic heterocycles. The molecule has 0 aliphatic rings. The molecule has 0 radical (unpaired) electrons. The van der Waals surface area contributed by atoms with E-state index >= 15 is 0 Å². The van der Waals surface area contributed by atoms with E-state index in [1.54, 1.807) is 0 Å². The van der Waals surface area contributed by atoms with Crippen LogP contribution < -0.4 is 0 Å². The van der Waals surface area contributed by atoms with Crippen molar-refractivity contribution in [2.24, 2.45) is 0 Å². The summed E-state index contributed by atoms with van der Waals surface area (Å²) in [6, 6.07) is 64.2. The van der Waals surface area contributed by atoms with Crippen molar-refractivity contribution in [2.45, 2.75) is 0 Å². The van der Waals surface area contributed by atoms with Crippen molar-refractivity contribution in [1.29, 1.82) is 0 Å². The van der Waals surface area contributed by atoms with Crippen LogP contribution in [0.1, 0.15) is 0 Å². The highest BCUT2D eigenvalue weighted by Gasteiger charge is 2.17. The minimum absolute atomic E-state index is 0.701. The van der Waals surface area contributed by atoms with Gasteiger partial charge in [0.15, 0.2) is 5.82 Å². The molecular formula is C49H31N5. The zero-order chi connectivity index (χ0) is 35.6. The van der Waals surface area contributed by atoms with Crippen LogP contribution in [0.5, 0.6) is 0 Å². The molecule has 0 unspecified atom stereocenters. The maximum atomic E-state index is 5.09. The third-order valence-corrected chi connectivity index (χ3v) is 10.6. The fourth-order valence-corrected chi connectivity index (χ4v) is 8.07. The van der Waals surface area contributed by atoms with Gasteiger partial charge in [-0.25, -0.2) is 15.0 Å². The molecule has 5 heteroatoms. The molecule has 0 fully saturated rings. The van der Waals surface area contributed by atoms with E-state index in [0.717, 1.165) is 66.6 Å². The Morgan fingerprint density at radius 3 is 1.83 bits per heavy atom. The van der Waals surface area contributed by atoms with E-state index in [2.05, 4.69) is 155 Å². The van der Waals surface area contributed by atoms with Gasteiger partial charge < -0.3 is 4.57 Å². The lowest BCUT2D eigenvalue weighted by Gasteiger charge is -2.11. The van der Waals surface area contributed by atoms with E-state index in [1.807, 2.05) is 42.6 Å². The topological polar surface area (TPSA) is 48.5 Å². The van der Waals surface area contributed by atoms with Gasteiger partial charge in [-0.1, -0.05) is 103 Å². The van der Waals surface area contributed by atoms with Crippen LogP contribution in [0.3, 0.4) is 0 Å². The zero-order valence-corrected chi connectivity index (χ0v) is 29.1. The highest BCUT2D eigenvalue weighted by Crippen LogP contribution is 2.38. The van der Waals surface area contributed by atoms with Crippen LogP contribution in [-0.2, 0) is 0 Å². The standard InChI is InChI=1S/C49H31N5/c1-3-12-32(13-4-1)47-41-17-7-9-19-43(41)51-48(52-47)33-21-25-37(26-22-33)54-45-28-24-34(30-42(45)40-18-11-29-50-49(40)54)35-23-27-39-38-16-8-10-20-44(38)53(46(39)31-35)36-14-5-2-6-15-36/h1-31H. The third kappa shape index (κ3) is 4.76. The Bertz CT molecular complexity index is 3200. The molecule has 4 aromatic heterocycles. The second kappa shape index (κ2) is 12.1. The molecule has 0 aliphatic carbocycles. The summed E-state index contributed by atoms with van der Waals surface area (Å²) >= 11 is 0. The average Bonchev–Trinajstić information content (AvgIpc) is 3.76. The van der Waals surface area contributed by atoms with Crippen molar-refractivity contribution in [2.75, 3.05) is 0 Å². The van der Waals surface area contributed by atoms with Gasteiger partial charge in [0, 0.05) is 55.6 Å². The number of benzene rings is 7. The predicted molar refractivity (Wildman–Crippen MR) is 222 cm³/mol. The summed E-state index contributed by atoms with van der Waals surface area (Å²) in [5, 5.41) is 5.81. The first-order chi connectivity index (χ1) is 26.8. The first-order valence-electron chi connectivity index (χ1n) is 18.2. The summed E-state index contributed by atoms with van der Waals surface area (Å²) in [6.45, 7) is 0. The summed E-state index contributed by atoms with van der Waals surface area (Å²) in [4.78, 5) is 15.0. The summed E-state index contributed by atoms with van der Waals surface area (Å²) in [7, 11) is 0. The fraction of sp³-hybridized carbons (Fsp3) is 0. The second-order valence-corrected chi connectivity index (χ2v) is 13.7. The average molecular weight is 690 g/mol. The van der Waals surface area contributed by atoms with E-state index in [1.165, 1.54) is 27.4 Å². The molecule has 11 aromatic rings. The maximum Gasteiger partial charge on any atom is 0.160 e. The molecule has 0 N–H and O–H groups in total. The number of para-hydroxylation sites is 3. The Hall–Kier alpha value is -7.37. The molecule has 0 atom stereocenters. The normalized spacial score (nSPS) is 11.7. The summed E-state index contributed by atoms with van der Waals surface area (Å²) < 4.78 is 4.63. The lowest BCUT2D eigenvalue weighted by atomic mass is 10.0. The van der Waals surface area contributed by atoms with Gasteiger partial charge in [0.05, 0.1) is 27.8 Å². The number of nitrogens with zero attached hydrogens (tertiary/aromatic N) is 5. The minimum Gasteiger partial charge on any atom is -0.309 e. The van der Waals surface area contributed by atoms with Crippen molar-refractivity contribution in [3.63, 3.8) is 0 Å². The van der Waals surface area contributed by atoms with Gasteiger partial charge in [0.25, 0.3) is 0 Å². The third-order valence-electron chi connectivity index (χ3n) is 10.6. The van der Waals surface area contributed by atoms with E-state index < -0.39 is 0 Å². The van der Waals surface area contributed by atoms with Gasteiger partial charge in [-0.3, -0.25) is 4.57 Å². The van der Waals surface area contributed by atoms with E-state index in [9.17, 15) is 0 Å². The maximum absolute atomic E-state index is 5.09. The molecule has 5 nitrogen and oxygen atoms in total. The molecule has 0 amide bonds. The highest BCUT2D eigenvalue weighted by molar-refractivity contribution is 6.12. The number of fused-ring (bicyclic) bond motifs is 7. The Kier molecular flexibility index (Phi) is 6.79. The molecule has 0 spiro atoms. The van der Waals surface area contributed by atoms with Gasteiger partial charge in [0.1, 0.15) is 5.65 Å². The predicted octanol–water partition coefficient (Wildman–Crippen LogP) is 12.2. The molecule has 0 bridgehead atoms. The Balaban J connectivity index is 1.03. The van der Waals surface area contributed by atoms with Crippen molar-refractivity contribution >= 4 is 54.6 Å². The Morgan fingerprint density at radius 1 is 0.352 bits per heavy atom. The van der Waals surface area contributed by atoms with Crippen molar-refractivity contribution in [3.8, 4) is 45.1 Å². The number of aromatic nitrogens is 5. The smallest absolute Gasteiger partial charge is 0.160 e. The van der Waals surface area contributed by atoms with Gasteiger partial charge >= 0.3 is 0 Å². The van der Waals surface area contributed by atoms with Crippen LogP contribution in [0.25, 0.3) is 99.8 Å². The number of pyridine rings is 1. The number of hydrogen-bond acceptors (Lipinski definition) is 3. The van der Waals surface area contributed by atoms with E-state index in [4.69, 9.17) is 15.0 Å². The van der Waals surface area contributed by atoms with Crippen LogP contribution in [-0.4, -0.2) is 24.1 Å². The van der Waals surface area contributed by atoms with Gasteiger partial charge in [0.2, 0.25) is 0 Å². The van der Waals surface area contributed by atoms with Crippen molar-refractivity contribution < 1.29 is 0 Å². The molecule has 4 heterocycles. The minimum atomic E-state index is 0.701. The summed E-state index contributed by atoms with van der Waals surface area (Å²) in [6.07, 6.45) is 1.87. The van der Waals surface area contributed by atoms with Crippen LogP contribution >= 0.6 is 0 Å². The number of hydrogen-bond donors (Lipinski definition) is 0. The Morgan fingerprint density at radius 2 is 0.981 bits per heavy atom. The van der Waals surface area contributed by atoms with Crippen LogP contribution in [0.4, 0.5) is 0 Å². The first kappa shape index (κ1) is 30.3. The zero-order valence-electron chi connectivity index (χ0n) is 29.1. The van der Waals surface area contributed by atoms with Crippen LogP contribution in [0.15, 0.2) is 188 Å². The highest BCUT2D eigenvalue weighted by atomic mass is 15.0. The molecule has 252 valence electrons. The molecule has 0 saturated heterocycles. The van der Waals surface area contributed by atoms with Crippen LogP contribution in [0, 0.1) is 0 Å². The fourth-order valence-electron chi connectivity index (χ4n) is 8.07. The molecule has 0 saturated carbocycles. The van der Waals surface area contributed by atoms with Gasteiger partial charge in [-0.15, -0.1) is 0 Å². The molecular weight excluding hydrogens is 659 g/mol. The number of rotatable bonds is 5. The van der Waals surface area contributed by atoms with Gasteiger partial charge in [-0.05, 0) is 90.0 Å². The second-order valence-electron chi connectivity index (χ2n) is 13.7. The Labute approximate surface area is 311 Å². The first-order valence-corrected chi connectivity index (χ1v) is 18.2. The molecule has 7 aromatic carbocycles. The van der Waals surface area contributed by atoms with Crippen LogP contribution in [0.2, 0.25) is 0 Å². The summed E-state index contributed by atoms with van der Waals surface area (Å²) in [5.41, 5.74) is 12.8. The SMILES string of the molecule is c1ccc(-c2nc(-c3ccc(-n4c5ccc(-c6ccc7c8ccccc8n(-c8ccccc8)c7c6)cc5c5cccnc54)cc3)nc3ccccc23)cc1. The molecule has 54 heavy (non-hydrogen) atoms. The van der Waals surface area contributed by atoms with Crippen molar-refractivity contribution in [1.82, 2.24) is 24.1 Å².